The number of anilines is 1. The summed E-state index contributed by atoms with van der Waals surface area (Å²) in [6, 6.07) is 0. The Kier molecular flexibility index (Phi) is 3.69. The first-order valence-corrected chi connectivity index (χ1v) is 6.85. The third-order valence-electron chi connectivity index (χ3n) is 2.09. The quantitative estimate of drug-likeness (QED) is 0.803. The van der Waals surface area contributed by atoms with Crippen LogP contribution in [0.4, 0.5) is 5.69 Å². The Labute approximate surface area is 94.4 Å². The van der Waals surface area contributed by atoms with E-state index in [0.29, 0.717) is 11.4 Å². The van der Waals surface area contributed by atoms with Crippen molar-refractivity contribution in [1.82, 2.24) is 10.2 Å². The van der Waals surface area contributed by atoms with E-state index in [1.165, 1.54) is 0 Å². The topological polar surface area (TPSA) is 91.9 Å². The zero-order valence-electron chi connectivity index (χ0n) is 9.49. The number of nitrogens with zero attached hydrogens (tertiary/aromatic N) is 1. The standard InChI is InChI=1S/C9H15N3O3S/c1-6-9(7(2)12-11-6)10-8(13)4-5-16(3,14)15/h4-5H2,1-3H3,(H,10,13)(H,11,12). The van der Waals surface area contributed by atoms with Gasteiger partial charge < -0.3 is 5.32 Å². The number of amides is 1. The van der Waals surface area contributed by atoms with Gasteiger partial charge in [-0.2, -0.15) is 5.10 Å². The SMILES string of the molecule is Cc1n[nH]c(C)c1NC(=O)CCS(C)(=O)=O. The van der Waals surface area contributed by atoms with Crippen molar-refractivity contribution in [3.8, 4) is 0 Å². The van der Waals surface area contributed by atoms with Crippen LogP contribution in [0.2, 0.25) is 0 Å². The van der Waals surface area contributed by atoms with Gasteiger partial charge in [0.2, 0.25) is 5.91 Å². The van der Waals surface area contributed by atoms with Gasteiger partial charge in [0.1, 0.15) is 9.84 Å². The van der Waals surface area contributed by atoms with Gasteiger partial charge in [-0.3, -0.25) is 9.89 Å². The van der Waals surface area contributed by atoms with E-state index in [4.69, 9.17) is 0 Å². The molecular formula is C9H15N3O3S. The first-order chi connectivity index (χ1) is 7.29. The number of aryl methyl sites for hydroxylation is 2. The zero-order chi connectivity index (χ0) is 12.3. The van der Waals surface area contributed by atoms with E-state index in [9.17, 15) is 13.2 Å². The van der Waals surface area contributed by atoms with Crippen molar-refractivity contribution in [3.05, 3.63) is 11.4 Å². The molecule has 0 bridgehead atoms. The number of carbonyl (C=O) groups excluding carboxylic acids is 1. The molecule has 0 atom stereocenters. The second kappa shape index (κ2) is 4.65. The molecule has 0 aliphatic rings. The molecule has 0 aliphatic heterocycles. The van der Waals surface area contributed by atoms with Crippen molar-refractivity contribution in [2.24, 2.45) is 0 Å². The Bertz CT molecular complexity index is 471. The van der Waals surface area contributed by atoms with Crippen LogP contribution in [-0.2, 0) is 14.6 Å². The van der Waals surface area contributed by atoms with Gasteiger partial charge in [-0.15, -0.1) is 0 Å². The Hall–Kier alpha value is -1.37. The summed E-state index contributed by atoms with van der Waals surface area (Å²) in [4.78, 5) is 11.4. The minimum Gasteiger partial charge on any atom is -0.323 e. The predicted molar refractivity (Wildman–Crippen MR) is 61.0 cm³/mol. The van der Waals surface area contributed by atoms with Gasteiger partial charge in [-0.1, -0.05) is 0 Å². The Morgan fingerprint density at radius 1 is 1.44 bits per heavy atom. The van der Waals surface area contributed by atoms with Crippen LogP contribution < -0.4 is 5.32 Å². The van der Waals surface area contributed by atoms with Crippen LogP contribution in [0.15, 0.2) is 0 Å². The van der Waals surface area contributed by atoms with Crippen LogP contribution in [0.1, 0.15) is 17.8 Å². The molecular weight excluding hydrogens is 230 g/mol. The van der Waals surface area contributed by atoms with E-state index in [1.54, 1.807) is 13.8 Å². The van der Waals surface area contributed by atoms with E-state index in [2.05, 4.69) is 15.5 Å². The second-order valence-corrected chi connectivity index (χ2v) is 6.00. The molecule has 0 saturated carbocycles. The smallest absolute Gasteiger partial charge is 0.225 e. The van der Waals surface area contributed by atoms with Crippen LogP contribution in [0, 0.1) is 13.8 Å². The second-order valence-electron chi connectivity index (χ2n) is 3.74. The van der Waals surface area contributed by atoms with Gasteiger partial charge >= 0.3 is 0 Å². The van der Waals surface area contributed by atoms with Gasteiger partial charge in [0, 0.05) is 12.7 Å². The van der Waals surface area contributed by atoms with Crippen molar-refractivity contribution in [2.75, 3.05) is 17.3 Å². The van der Waals surface area contributed by atoms with Gasteiger partial charge in [0.05, 0.1) is 22.8 Å². The highest BCUT2D eigenvalue weighted by Gasteiger charge is 2.12. The van der Waals surface area contributed by atoms with Crippen LogP contribution in [0.5, 0.6) is 0 Å². The molecule has 1 amide bonds. The summed E-state index contributed by atoms with van der Waals surface area (Å²) in [5.41, 5.74) is 2.06. The lowest BCUT2D eigenvalue weighted by Crippen LogP contribution is -2.17. The Balaban J connectivity index is 2.59. The number of hydrogen-bond donors (Lipinski definition) is 2. The first kappa shape index (κ1) is 12.7. The van der Waals surface area contributed by atoms with E-state index in [1.807, 2.05) is 0 Å². The summed E-state index contributed by atoms with van der Waals surface area (Å²) in [5.74, 6) is -0.465. The van der Waals surface area contributed by atoms with Crippen LogP contribution in [-0.4, -0.2) is 36.5 Å². The van der Waals surface area contributed by atoms with Gasteiger partial charge in [0.25, 0.3) is 0 Å². The summed E-state index contributed by atoms with van der Waals surface area (Å²) >= 11 is 0. The molecule has 1 aromatic heterocycles. The third-order valence-corrected chi connectivity index (χ3v) is 3.04. The minimum absolute atomic E-state index is 0.0388. The number of aromatic amines is 1. The van der Waals surface area contributed by atoms with Gasteiger partial charge in [-0.05, 0) is 13.8 Å². The number of H-pyrrole nitrogens is 1. The monoisotopic (exact) mass is 245 g/mol. The van der Waals surface area contributed by atoms with Crippen LogP contribution in [0.3, 0.4) is 0 Å². The molecule has 0 radical (unpaired) electrons. The molecule has 0 unspecified atom stereocenters. The molecule has 0 saturated heterocycles. The van der Waals surface area contributed by atoms with Crippen molar-refractivity contribution in [2.45, 2.75) is 20.3 Å². The van der Waals surface area contributed by atoms with E-state index < -0.39 is 9.84 Å². The lowest BCUT2D eigenvalue weighted by atomic mass is 10.3. The predicted octanol–water partition coefficient (Wildman–Crippen LogP) is 0.400. The van der Waals surface area contributed by atoms with Crippen LogP contribution in [0.25, 0.3) is 0 Å². The van der Waals surface area contributed by atoms with Gasteiger partial charge in [-0.25, -0.2) is 8.42 Å². The number of sulfone groups is 1. The van der Waals surface area contributed by atoms with Crippen molar-refractivity contribution in [3.63, 3.8) is 0 Å². The van der Waals surface area contributed by atoms with Crippen molar-refractivity contribution in [1.29, 1.82) is 0 Å². The molecule has 1 aromatic rings. The Morgan fingerprint density at radius 3 is 2.50 bits per heavy atom. The Morgan fingerprint density at radius 2 is 2.06 bits per heavy atom. The molecule has 7 heteroatoms. The molecule has 1 rings (SSSR count). The van der Waals surface area contributed by atoms with Crippen molar-refractivity contribution >= 4 is 21.4 Å². The lowest BCUT2D eigenvalue weighted by Gasteiger charge is -2.04. The lowest BCUT2D eigenvalue weighted by molar-refractivity contribution is -0.115. The summed E-state index contributed by atoms with van der Waals surface area (Å²) in [5, 5.41) is 9.29. The van der Waals surface area contributed by atoms with Gasteiger partial charge in [0.15, 0.2) is 0 Å². The highest BCUT2D eigenvalue weighted by molar-refractivity contribution is 7.90. The maximum Gasteiger partial charge on any atom is 0.225 e. The molecule has 1 heterocycles. The largest absolute Gasteiger partial charge is 0.323 e. The van der Waals surface area contributed by atoms with E-state index >= 15 is 0 Å². The average molecular weight is 245 g/mol. The summed E-state index contributed by atoms with van der Waals surface area (Å²) < 4.78 is 21.7. The number of rotatable bonds is 4. The highest BCUT2D eigenvalue weighted by Crippen LogP contribution is 2.16. The molecule has 90 valence electrons. The fourth-order valence-corrected chi connectivity index (χ4v) is 1.77. The number of carbonyl (C=O) groups is 1. The highest BCUT2D eigenvalue weighted by atomic mass is 32.2. The number of aromatic nitrogens is 2. The van der Waals surface area contributed by atoms with E-state index in [0.717, 1.165) is 11.9 Å². The molecule has 0 aromatic carbocycles. The normalized spacial score (nSPS) is 11.4. The fourth-order valence-electron chi connectivity index (χ4n) is 1.22. The van der Waals surface area contributed by atoms with Crippen LogP contribution >= 0.6 is 0 Å². The zero-order valence-corrected chi connectivity index (χ0v) is 10.3. The molecule has 0 aliphatic carbocycles. The number of hydrogen-bond acceptors (Lipinski definition) is 4. The maximum absolute atomic E-state index is 11.4. The molecule has 0 spiro atoms. The first-order valence-electron chi connectivity index (χ1n) is 4.79. The third kappa shape index (κ3) is 3.65. The van der Waals surface area contributed by atoms with E-state index in [-0.39, 0.29) is 18.1 Å². The summed E-state index contributed by atoms with van der Waals surface area (Å²) in [6.45, 7) is 3.54. The molecule has 16 heavy (non-hydrogen) atoms. The maximum atomic E-state index is 11.4. The average Bonchev–Trinajstić information content (AvgIpc) is 2.45. The number of nitrogens with one attached hydrogen (secondary N) is 2. The summed E-state index contributed by atoms with van der Waals surface area (Å²) in [7, 11) is -3.10. The molecule has 2 N–H and O–H groups in total. The fraction of sp³-hybridized carbons (Fsp3) is 0.556. The minimum atomic E-state index is -3.10. The summed E-state index contributed by atoms with van der Waals surface area (Å²) in [6.07, 6.45) is 1.07. The molecule has 0 fully saturated rings. The molecule has 6 nitrogen and oxygen atoms in total. The van der Waals surface area contributed by atoms with Crippen molar-refractivity contribution < 1.29 is 13.2 Å².